The second-order valence-corrected chi connectivity index (χ2v) is 6.69. The van der Waals surface area contributed by atoms with Crippen LogP contribution in [0.1, 0.15) is 24.2 Å². The Balaban J connectivity index is 0.00000392. The Kier molecular flexibility index (Phi) is 8.68. The lowest BCUT2D eigenvalue weighted by Crippen LogP contribution is -2.39. The first-order valence-corrected chi connectivity index (χ1v) is 8.61. The smallest absolute Gasteiger partial charge is 0.258 e. The normalized spacial score (nSPS) is 11.4. The van der Waals surface area contributed by atoms with Gasteiger partial charge in [-0.1, -0.05) is 25.4 Å². The second kappa shape index (κ2) is 10.3. The molecule has 28 heavy (non-hydrogen) atoms. The molecule has 2 amide bonds. The maximum atomic E-state index is 14.0. The number of carbonyl (C=O) groups is 2. The molecule has 0 spiro atoms. The van der Waals surface area contributed by atoms with Gasteiger partial charge in [0.1, 0.15) is 11.6 Å². The average molecular weight is 430 g/mol. The van der Waals surface area contributed by atoms with Crippen LogP contribution in [0.5, 0.6) is 5.75 Å². The molecule has 0 aliphatic heterocycles. The Morgan fingerprint density at radius 1 is 1.14 bits per heavy atom. The van der Waals surface area contributed by atoms with Gasteiger partial charge in [0, 0.05) is 10.7 Å². The summed E-state index contributed by atoms with van der Waals surface area (Å²) in [4.78, 5) is 24.5. The van der Waals surface area contributed by atoms with Crippen LogP contribution in [0.25, 0.3) is 0 Å². The summed E-state index contributed by atoms with van der Waals surface area (Å²) in [6, 6.07) is 7.78. The van der Waals surface area contributed by atoms with Gasteiger partial charge in [0.05, 0.1) is 24.4 Å². The van der Waals surface area contributed by atoms with Gasteiger partial charge in [-0.15, -0.1) is 12.4 Å². The van der Waals surface area contributed by atoms with Gasteiger partial charge in [0.25, 0.3) is 5.91 Å². The van der Waals surface area contributed by atoms with E-state index < -0.39 is 17.8 Å². The lowest BCUT2D eigenvalue weighted by molar-refractivity contribution is -0.118. The number of benzene rings is 2. The summed E-state index contributed by atoms with van der Waals surface area (Å²) in [6.07, 6.45) is 0. The van der Waals surface area contributed by atoms with Gasteiger partial charge < -0.3 is 21.1 Å². The highest BCUT2D eigenvalue weighted by atomic mass is 35.5. The van der Waals surface area contributed by atoms with E-state index in [9.17, 15) is 14.0 Å². The molecule has 9 heteroatoms. The van der Waals surface area contributed by atoms with Crippen molar-refractivity contribution in [1.82, 2.24) is 0 Å². The number of amides is 2. The minimum absolute atomic E-state index is 0. The summed E-state index contributed by atoms with van der Waals surface area (Å²) in [5, 5.41) is 5.45. The number of anilines is 2. The van der Waals surface area contributed by atoms with E-state index in [1.165, 1.54) is 25.3 Å². The minimum atomic E-state index is -0.744. The molecule has 0 saturated heterocycles. The molecule has 1 atom stereocenters. The topological polar surface area (TPSA) is 93.4 Å². The Labute approximate surface area is 174 Å². The molecule has 4 N–H and O–H groups in total. The van der Waals surface area contributed by atoms with E-state index in [1.807, 2.05) is 13.8 Å². The molecule has 0 aromatic heterocycles. The molecule has 152 valence electrons. The van der Waals surface area contributed by atoms with Gasteiger partial charge in [-0.2, -0.15) is 0 Å². The van der Waals surface area contributed by atoms with Gasteiger partial charge in [-0.25, -0.2) is 4.39 Å². The maximum Gasteiger partial charge on any atom is 0.258 e. The number of rotatable bonds is 6. The van der Waals surface area contributed by atoms with E-state index >= 15 is 0 Å². The lowest BCUT2D eigenvalue weighted by atomic mass is 10.0. The third kappa shape index (κ3) is 5.82. The van der Waals surface area contributed by atoms with E-state index in [0.29, 0.717) is 11.4 Å². The third-order valence-corrected chi connectivity index (χ3v) is 4.15. The van der Waals surface area contributed by atoms with Crippen LogP contribution < -0.4 is 21.1 Å². The number of methoxy groups -OCH3 is 1. The van der Waals surface area contributed by atoms with E-state index in [2.05, 4.69) is 10.6 Å². The first-order chi connectivity index (χ1) is 12.7. The molecule has 0 radical (unpaired) electrons. The molecular weight excluding hydrogens is 408 g/mol. The van der Waals surface area contributed by atoms with Gasteiger partial charge in [0.2, 0.25) is 5.91 Å². The molecule has 0 fully saturated rings. The quantitative estimate of drug-likeness (QED) is 0.644. The number of nitrogens with one attached hydrogen (secondary N) is 2. The number of halogens is 3. The Morgan fingerprint density at radius 3 is 2.39 bits per heavy atom. The molecule has 0 bridgehead atoms. The van der Waals surface area contributed by atoms with Crippen LogP contribution in [-0.2, 0) is 4.79 Å². The van der Waals surface area contributed by atoms with E-state index in [4.69, 9.17) is 22.1 Å². The number of ether oxygens (including phenoxy) is 1. The standard InChI is InChI=1S/C19H21ClFN3O3.ClH/c1-10(2)17(22)19(26)23-12-5-7-16(27-3)15(9-12)24-18(25)13-6-4-11(20)8-14(13)21;/h4-10,17H,22H2,1-3H3,(H,23,26)(H,24,25);1H/t17-;/m0./s1. The highest BCUT2D eigenvalue weighted by Gasteiger charge is 2.19. The van der Waals surface area contributed by atoms with Crippen molar-refractivity contribution in [3.8, 4) is 5.75 Å². The van der Waals surface area contributed by atoms with Crippen molar-refractivity contribution in [3.63, 3.8) is 0 Å². The molecule has 2 aromatic carbocycles. The highest BCUT2D eigenvalue weighted by Crippen LogP contribution is 2.29. The summed E-state index contributed by atoms with van der Waals surface area (Å²) in [6.45, 7) is 3.68. The number of hydrogen-bond donors (Lipinski definition) is 3. The maximum absolute atomic E-state index is 14.0. The Morgan fingerprint density at radius 2 is 1.82 bits per heavy atom. The van der Waals surface area contributed by atoms with Crippen molar-refractivity contribution >= 4 is 47.2 Å². The number of nitrogens with two attached hydrogens (primary N) is 1. The number of hydrogen-bond acceptors (Lipinski definition) is 4. The average Bonchev–Trinajstić information content (AvgIpc) is 2.61. The molecular formula is C19H22Cl2FN3O3. The van der Waals surface area contributed by atoms with Gasteiger partial charge in [-0.05, 0) is 42.3 Å². The van der Waals surface area contributed by atoms with Crippen molar-refractivity contribution in [2.75, 3.05) is 17.7 Å². The van der Waals surface area contributed by atoms with Gasteiger partial charge >= 0.3 is 0 Å². The third-order valence-electron chi connectivity index (χ3n) is 3.91. The number of carbonyl (C=O) groups excluding carboxylic acids is 2. The van der Waals surface area contributed by atoms with Crippen LogP contribution in [0.2, 0.25) is 5.02 Å². The van der Waals surface area contributed by atoms with Gasteiger partial charge in [-0.3, -0.25) is 9.59 Å². The van der Waals surface area contributed by atoms with Crippen LogP contribution in [0.3, 0.4) is 0 Å². The summed E-state index contributed by atoms with van der Waals surface area (Å²) in [5.41, 5.74) is 6.35. The molecule has 0 unspecified atom stereocenters. The highest BCUT2D eigenvalue weighted by molar-refractivity contribution is 6.30. The molecule has 2 rings (SSSR count). The summed E-state index contributed by atoms with van der Waals surface area (Å²) in [5.74, 6) is -1.45. The largest absolute Gasteiger partial charge is 0.495 e. The second-order valence-electron chi connectivity index (χ2n) is 6.25. The molecule has 0 saturated carbocycles. The molecule has 2 aromatic rings. The van der Waals surface area contributed by atoms with Crippen LogP contribution in [0.15, 0.2) is 36.4 Å². The molecule has 0 aliphatic carbocycles. The first-order valence-electron chi connectivity index (χ1n) is 8.23. The monoisotopic (exact) mass is 429 g/mol. The van der Waals surface area contributed by atoms with Gasteiger partial charge in [0.15, 0.2) is 0 Å². The van der Waals surface area contributed by atoms with E-state index in [1.54, 1.807) is 12.1 Å². The fourth-order valence-electron chi connectivity index (χ4n) is 2.28. The summed E-state index contributed by atoms with van der Waals surface area (Å²) >= 11 is 5.70. The predicted molar refractivity (Wildman–Crippen MR) is 111 cm³/mol. The Hall–Kier alpha value is -2.35. The van der Waals surface area contributed by atoms with Crippen molar-refractivity contribution < 1.29 is 18.7 Å². The van der Waals surface area contributed by atoms with Crippen LogP contribution in [0, 0.1) is 11.7 Å². The molecule has 0 heterocycles. The zero-order valence-electron chi connectivity index (χ0n) is 15.6. The lowest BCUT2D eigenvalue weighted by Gasteiger charge is -2.17. The van der Waals surface area contributed by atoms with Crippen LogP contribution >= 0.6 is 24.0 Å². The summed E-state index contributed by atoms with van der Waals surface area (Å²) in [7, 11) is 1.43. The van der Waals surface area contributed by atoms with Crippen molar-refractivity contribution in [3.05, 3.63) is 52.8 Å². The first kappa shape index (κ1) is 23.7. The molecule has 6 nitrogen and oxygen atoms in total. The van der Waals surface area contributed by atoms with Crippen molar-refractivity contribution in [2.45, 2.75) is 19.9 Å². The van der Waals surface area contributed by atoms with Crippen molar-refractivity contribution in [1.29, 1.82) is 0 Å². The Bertz CT molecular complexity index is 862. The minimum Gasteiger partial charge on any atom is -0.495 e. The fourth-order valence-corrected chi connectivity index (χ4v) is 2.43. The van der Waals surface area contributed by atoms with E-state index in [-0.39, 0.29) is 40.5 Å². The molecule has 0 aliphatic rings. The van der Waals surface area contributed by atoms with Crippen molar-refractivity contribution in [2.24, 2.45) is 11.7 Å². The zero-order chi connectivity index (χ0) is 20.1. The van der Waals surface area contributed by atoms with Crippen LogP contribution in [0.4, 0.5) is 15.8 Å². The SMILES string of the molecule is COc1ccc(NC(=O)[C@@H](N)C(C)C)cc1NC(=O)c1ccc(Cl)cc1F.Cl. The summed E-state index contributed by atoms with van der Waals surface area (Å²) < 4.78 is 19.2. The van der Waals surface area contributed by atoms with Crippen LogP contribution in [-0.4, -0.2) is 25.0 Å². The zero-order valence-corrected chi connectivity index (χ0v) is 17.2. The predicted octanol–water partition coefficient (Wildman–Crippen LogP) is 4.08. The van der Waals surface area contributed by atoms with E-state index in [0.717, 1.165) is 6.07 Å². The fraction of sp³-hybridized carbons (Fsp3) is 0.263.